The molecule has 7 nitrogen and oxygen atoms in total. The Hall–Kier alpha value is -3.71. The first-order chi connectivity index (χ1) is 17.3. The summed E-state index contributed by atoms with van der Waals surface area (Å²) in [5, 5.41) is 15.6. The molecule has 0 saturated carbocycles. The number of hydrogen-bond acceptors (Lipinski definition) is 5. The van der Waals surface area contributed by atoms with Crippen LogP contribution in [0.15, 0.2) is 71.4 Å². The zero-order valence-electron chi connectivity index (χ0n) is 21.0. The highest BCUT2D eigenvalue weighted by Crippen LogP contribution is 2.35. The third kappa shape index (κ3) is 4.71. The number of carbonyl (C=O) groups excluding carboxylic acids is 1. The standard InChI is InChI=1S/C29H32N4O3/c1-20(2)21-9-11-23(12-10-21)28-30-19-26(32(28)3)29(35)13-15-33(16-14-29)27(34)18-24-17-25(31-36-24)22-7-5-4-6-8-22/h4-12,17,19-20,35H,13-16,18H2,1-3H3. The highest BCUT2D eigenvalue weighted by Gasteiger charge is 2.38. The number of rotatable bonds is 6. The predicted molar refractivity (Wildman–Crippen MR) is 138 cm³/mol. The molecule has 0 spiro atoms. The molecule has 1 aliphatic rings. The van der Waals surface area contributed by atoms with E-state index >= 15 is 0 Å². The summed E-state index contributed by atoms with van der Waals surface area (Å²) in [6.45, 7) is 5.29. The largest absolute Gasteiger partial charge is 0.383 e. The number of piperidine rings is 1. The fourth-order valence-electron chi connectivity index (χ4n) is 4.91. The molecule has 0 aliphatic carbocycles. The molecule has 4 aromatic rings. The average Bonchev–Trinajstić information content (AvgIpc) is 3.52. The second kappa shape index (κ2) is 9.74. The number of nitrogens with zero attached hydrogens (tertiary/aromatic N) is 4. The van der Waals surface area contributed by atoms with Crippen LogP contribution in [0.4, 0.5) is 0 Å². The second-order valence-corrected chi connectivity index (χ2v) is 9.94. The molecule has 0 atom stereocenters. The van der Waals surface area contributed by atoms with Crippen LogP contribution in [0.3, 0.4) is 0 Å². The lowest BCUT2D eigenvalue weighted by Crippen LogP contribution is -2.46. The van der Waals surface area contributed by atoms with E-state index in [2.05, 4.69) is 48.3 Å². The van der Waals surface area contributed by atoms with Gasteiger partial charge in [0.05, 0.1) is 18.3 Å². The lowest BCUT2D eigenvalue weighted by Gasteiger charge is -2.38. The van der Waals surface area contributed by atoms with Gasteiger partial charge in [-0.1, -0.05) is 73.6 Å². The van der Waals surface area contributed by atoms with Crippen molar-refractivity contribution in [2.75, 3.05) is 13.1 Å². The Labute approximate surface area is 211 Å². The summed E-state index contributed by atoms with van der Waals surface area (Å²) in [5.74, 6) is 1.81. The molecule has 0 radical (unpaired) electrons. The van der Waals surface area contributed by atoms with Gasteiger partial charge in [-0.05, 0) is 24.3 Å². The van der Waals surface area contributed by atoms with Crippen LogP contribution in [0.5, 0.6) is 0 Å². The number of imidazole rings is 1. The molecule has 1 amide bonds. The lowest BCUT2D eigenvalue weighted by molar-refractivity contribution is -0.135. The first kappa shape index (κ1) is 24.0. The van der Waals surface area contributed by atoms with Gasteiger partial charge in [0.1, 0.15) is 22.9 Å². The summed E-state index contributed by atoms with van der Waals surface area (Å²) in [6.07, 6.45) is 2.83. The fourth-order valence-corrected chi connectivity index (χ4v) is 4.91. The third-order valence-electron chi connectivity index (χ3n) is 7.20. The Bertz CT molecular complexity index is 1330. The van der Waals surface area contributed by atoms with Crippen molar-refractivity contribution in [1.29, 1.82) is 0 Å². The molecule has 186 valence electrons. The van der Waals surface area contributed by atoms with Crippen LogP contribution >= 0.6 is 0 Å². The van der Waals surface area contributed by atoms with Crippen LogP contribution in [0.1, 0.15) is 49.6 Å². The van der Waals surface area contributed by atoms with Crippen molar-refractivity contribution in [1.82, 2.24) is 19.6 Å². The maximum atomic E-state index is 12.9. The fraction of sp³-hybridized carbons (Fsp3) is 0.345. The van der Waals surface area contributed by atoms with Crippen LogP contribution in [-0.2, 0) is 23.9 Å². The number of aromatic nitrogens is 3. The van der Waals surface area contributed by atoms with Crippen LogP contribution in [-0.4, -0.2) is 43.7 Å². The topological polar surface area (TPSA) is 84.4 Å². The van der Waals surface area contributed by atoms with E-state index in [-0.39, 0.29) is 12.3 Å². The van der Waals surface area contributed by atoms with E-state index < -0.39 is 5.60 Å². The summed E-state index contributed by atoms with van der Waals surface area (Å²) in [7, 11) is 1.94. The maximum Gasteiger partial charge on any atom is 0.230 e. The normalized spacial score (nSPS) is 15.4. The monoisotopic (exact) mass is 484 g/mol. The van der Waals surface area contributed by atoms with Crippen molar-refractivity contribution in [3.8, 4) is 22.6 Å². The van der Waals surface area contributed by atoms with E-state index in [9.17, 15) is 9.90 Å². The molecule has 36 heavy (non-hydrogen) atoms. The molecule has 3 heterocycles. The molecular formula is C29H32N4O3. The quantitative estimate of drug-likeness (QED) is 0.420. The Morgan fingerprint density at radius 1 is 1.06 bits per heavy atom. The minimum atomic E-state index is -1.03. The van der Waals surface area contributed by atoms with Gasteiger partial charge in [-0.3, -0.25) is 4.79 Å². The van der Waals surface area contributed by atoms with Gasteiger partial charge < -0.3 is 19.1 Å². The minimum absolute atomic E-state index is 0.0243. The van der Waals surface area contributed by atoms with Crippen molar-refractivity contribution in [3.05, 3.63) is 83.9 Å². The Morgan fingerprint density at radius 2 is 1.75 bits per heavy atom. The smallest absolute Gasteiger partial charge is 0.230 e. The molecular weight excluding hydrogens is 452 g/mol. The summed E-state index contributed by atoms with van der Waals surface area (Å²) in [5.41, 5.74) is 3.73. The molecule has 2 aromatic heterocycles. The van der Waals surface area contributed by atoms with Crippen LogP contribution in [0.2, 0.25) is 0 Å². The zero-order chi connectivity index (χ0) is 25.3. The number of hydrogen-bond donors (Lipinski definition) is 1. The van der Waals surface area contributed by atoms with Crippen molar-refractivity contribution >= 4 is 5.91 Å². The third-order valence-corrected chi connectivity index (χ3v) is 7.20. The first-order valence-electron chi connectivity index (χ1n) is 12.5. The Kier molecular flexibility index (Phi) is 6.49. The lowest BCUT2D eigenvalue weighted by atomic mass is 9.88. The highest BCUT2D eigenvalue weighted by atomic mass is 16.5. The van der Waals surface area contributed by atoms with Gasteiger partial charge in [-0.15, -0.1) is 0 Å². The second-order valence-electron chi connectivity index (χ2n) is 9.94. The number of aliphatic hydroxyl groups is 1. The molecule has 5 rings (SSSR count). The van der Waals surface area contributed by atoms with E-state index in [0.717, 1.165) is 28.3 Å². The van der Waals surface area contributed by atoms with Crippen LogP contribution < -0.4 is 0 Å². The van der Waals surface area contributed by atoms with Crippen molar-refractivity contribution in [3.63, 3.8) is 0 Å². The molecule has 1 fully saturated rings. The summed E-state index contributed by atoms with van der Waals surface area (Å²) < 4.78 is 7.39. The molecule has 1 N–H and O–H groups in total. The first-order valence-corrected chi connectivity index (χ1v) is 12.5. The van der Waals surface area contributed by atoms with Crippen LogP contribution in [0.25, 0.3) is 22.6 Å². The summed E-state index contributed by atoms with van der Waals surface area (Å²) >= 11 is 0. The van der Waals surface area contributed by atoms with Gasteiger partial charge in [0.2, 0.25) is 5.91 Å². The molecule has 0 bridgehead atoms. The minimum Gasteiger partial charge on any atom is -0.383 e. The van der Waals surface area contributed by atoms with E-state index in [0.29, 0.717) is 37.6 Å². The van der Waals surface area contributed by atoms with Crippen molar-refractivity contribution < 1.29 is 14.4 Å². The van der Waals surface area contributed by atoms with Gasteiger partial charge in [0.15, 0.2) is 0 Å². The number of carbonyl (C=O) groups is 1. The van der Waals surface area contributed by atoms with Crippen molar-refractivity contribution in [2.45, 2.75) is 44.6 Å². The van der Waals surface area contributed by atoms with E-state index in [4.69, 9.17) is 4.52 Å². The molecule has 1 saturated heterocycles. The predicted octanol–water partition coefficient (Wildman–Crippen LogP) is 4.92. The molecule has 0 unspecified atom stereocenters. The number of benzene rings is 2. The van der Waals surface area contributed by atoms with Crippen molar-refractivity contribution in [2.24, 2.45) is 7.05 Å². The molecule has 7 heteroatoms. The average molecular weight is 485 g/mol. The van der Waals surface area contributed by atoms with E-state index in [1.165, 1.54) is 5.56 Å². The summed E-state index contributed by atoms with van der Waals surface area (Å²) in [6, 6.07) is 20.0. The van der Waals surface area contributed by atoms with E-state index in [1.54, 1.807) is 11.1 Å². The highest BCUT2D eigenvalue weighted by molar-refractivity contribution is 5.78. The van der Waals surface area contributed by atoms with Crippen LogP contribution in [0, 0.1) is 0 Å². The molecule has 2 aromatic carbocycles. The van der Waals surface area contributed by atoms with Gasteiger partial charge in [0.25, 0.3) is 0 Å². The molecule has 1 aliphatic heterocycles. The van der Waals surface area contributed by atoms with Gasteiger partial charge >= 0.3 is 0 Å². The maximum absolute atomic E-state index is 12.9. The SMILES string of the molecule is CC(C)c1ccc(-c2ncc(C3(O)CCN(C(=O)Cc4cc(-c5ccccc5)no4)CC3)n2C)cc1. The van der Waals surface area contributed by atoms with Gasteiger partial charge in [-0.2, -0.15) is 0 Å². The Morgan fingerprint density at radius 3 is 2.42 bits per heavy atom. The van der Waals surface area contributed by atoms with Gasteiger partial charge in [-0.25, -0.2) is 4.98 Å². The number of amides is 1. The Balaban J connectivity index is 1.23. The van der Waals surface area contributed by atoms with Gasteiger partial charge in [0, 0.05) is 37.3 Å². The summed E-state index contributed by atoms with van der Waals surface area (Å²) in [4.78, 5) is 19.3. The number of likely N-dealkylation sites (tertiary alicyclic amines) is 1. The van der Waals surface area contributed by atoms with E-state index in [1.807, 2.05) is 48.0 Å². The zero-order valence-corrected chi connectivity index (χ0v) is 21.0.